The first-order valence-electron chi connectivity index (χ1n) is 7.10. The molecule has 0 aliphatic heterocycles. The molecule has 0 saturated heterocycles. The van der Waals surface area contributed by atoms with Gasteiger partial charge in [-0.15, -0.1) is 0 Å². The minimum Gasteiger partial charge on any atom is -0.351 e. The van der Waals surface area contributed by atoms with Crippen molar-refractivity contribution in [3.63, 3.8) is 0 Å². The van der Waals surface area contributed by atoms with E-state index in [-0.39, 0.29) is 24.4 Å². The van der Waals surface area contributed by atoms with Crippen LogP contribution < -0.4 is 16.4 Å². The van der Waals surface area contributed by atoms with E-state index >= 15 is 0 Å². The first kappa shape index (κ1) is 17.7. The fourth-order valence-electron chi connectivity index (χ4n) is 1.87. The lowest BCUT2D eigenvalue weighted by molar-refractivity contribution is -0.120. The molecule has 0 aromatic heterocycles. The highest BCUT2D eigenvalue weighted by molar-refractivity contribution is 9.10. The van der Waals surface area contributed by atoms with Crippen molar-refractivity contribution in [1.82, 2.24) is 10.6 Å². The number of carbonyl (C=O) groups excluding carboxylic acids is 2. The molecule has 0 fully saturated rings. The van der Waals surface area contributed by atoms with Crippen LogP contribution in [-0.4, -0.2) is 30.9 Å². The average molecular weight is 356 g/mol. The number of nitrogens with two attached hydrogens (primary N) is 1. The van der Waals surface area contributed by atoms with Crippen LogP contribution in [-0.2, 0) is 4.79 Å². The van der Waals surface area contributed by atoms with Crippen LogP contribution in [0.4, 0.5) is 0 Å². The molecule has 6 heteroatoms. The van der Waals surface area contributed by atoms with Crippen molar-refractivity contribution in [3.8, 4) is 0 Å². The molecule has 0 spiro atoms. The van der Waals surface area contributed by atoms with Crippen LogP contribution in [0.5, 0.6) is 0 Å². The quantitative estimate of drug-likeness (QED) is 0.664. The number of hydrogen-bond donors (Lipinski definition) is 3. The Balaban J connectivity index is 2.40. The molecular weight excluding hydrogens is 334 g/mol. The van der Waals surface area contributed by atoms with Crippen LogP contribution >= 0.6 is 15.9 Å². The monoisotopic (exact) mass is 355 g/mol. The van der Waals surface area contributed by atoms with Gasteiger partial charge in [0.2, 0.25) is 5.91 Å². The normalized spacial score (nSPS) is 11.8. The Labute approximate surface area is 133 Å². The van der Waals surface area contributed by atoms with E-state index < -0.39 is 0 Å². The summed E-state index contributed by atoms with van der Waals surface area (Å²) in [5.41, 5.74) is 6.13. The van der Waals surface area contributed by atoms with E-state index in [1.54, 1.807) is 18.2 Å². The summed E-state index contributed by atoms with van der Waals surface area (Å²) in [5, 5.41) is 5.43. The molecule has 0 aliphatic carbocycles. The third-order valence-corrected chi connectivity index (χ3v) is 3.55. The Morgan fingerprint density at radius 2 is 2.14 bits per heavy atom. The van der Waals surface area contributed by atoms with Gasteiger partial charge in [-0.25, -0.2) is 0 Å². The second-order valence-electron chi connectivity index (χ2n) is 4.84. The number of amides is 2. The molecule has 1 atom stereocenters. The van der Waals surface area contributed by atoms with Gasteiger partial charge < -0.3 is 16.4 Å². The van der Waals surface area contributed by atoms with Crippen molar-refractivity contribution >= 4 is 27.7 Å². The summed E-state index contributed by atoms with van der Waals surface area (Å²) >= 11 is 3.30. The van der Waals surface area contributed by atoms with Gasteiger partial charge in [0.05, 0.1) is 6.54 Å². The topological polar surface area (TPSA) is 84.2 Å². The highest BCUT2D eigenvalue weighted by Crippen LogP contribution is 2.11. The summed E-state index contributed by atoms with van der Waals surface area (Å²) in [6.07, 6.45) is 2.94. The van der Waals surface area contributed by atoms with Crippen LogP contribution in [0.3, 0.4) is 0 Å². The largest absolute Gasteiger partial charge is 0.351 e. The molecule has 21 heavy (non-hydrogen) atoms. The summed E-state index contributed by atoms with van der Waals surface area (Å²) in [6, 6.07) is 6.98. The van der Waals surface area contributed by atoms with Gasteiger partial charge in [-0.3, -0.25) is 9.59 Å². The van der Waals surface area contributed by atoms with Crippen molar-refractivity contribution < 1.29 is 9.59 Å². The lowest BCUT2D eigenvalue weighted by Gasteiger charge is -2.16. The summed E-state index contributed by atoms with van der Waals surface area (Å²) in [4.78, 5) is 23.7. The van der Waals surface area contributed by atoms with E-state index in [4.69, 9.17) is 5.73 Å². The zero-order valence-electron chi connectivity index (χ0n) is 12.2. The van der Waals surface area contributed by atoms with Crippen molar-refractivity contribution in [2.24, 2.45) is 5.73 Å². The summed E-state index contributed by atoms with van der Waals surface area (Å²) in [5.74, 6) is -0.491. The van der Waals surface area contributed by atoms with E-state index in [0.29, 0.717) is 12.1 Å². The highest BCUT2D eigenvalue weighted by atomic mass is 79.9. The van der Waals surface area contributed by atoms with Crippen LogP contribution in [0, 0.1) is 0 Å². The molecule has 0 aliphatic rings. The Bertz CT molecular complexity index is 480. The Morgan fingerprint density at radius 1 is 1.38 bits per heavy atom. The molecule has 1 unspecified atom stereocenters. The van der Waals surface area contributed by atoms with Gasteiger partial charge >= 0.3 is 0 Å². The maximum absolute atomic E-state index is 11.9. The molecule has 4 N–H and O–H groups in total. The van der Waals surface area contributed by atoms with E-state index in [0.717, 1.165) is 23.7 Å². The van der Waals surface area contributed by atoms with Crippen LogP contribution in [0.1, 0.15) is 36.5 Å². The fourth-order valence-corrected chi connectivity index (χ4v) is 2.27. The minimum atomic E-state index is -0.274. The first-order chi connectivity index (χ1) is 10.1. The second-order valence-corrected chi connectivity index (χ2v) is 5.75. The highest BCUT2D eigenvalue weighted by Gasteiger charge is 2.12. The Hall–Kier alpha value is -1.40. The molecule has 1 aromatic rings. The molecular formula is C15H22BrN3O2. The standard InChI is InChI=1S/C15H22BrN3O2/c1-2-3-7-13(9-17)19-14(20)10-18-15(21)11-5-4-6-12(16)8-11/h4-6,8,13H,2-3,7,9-10,17H2,1H3,(H,18,21)(H,19,20). The minimum absolute atomic E-state index is 0.0276. The van der Waals surface area contributed by atoms with Crippen molar-refractivity contribution in [2.45, 2.75) is 32.2 Å². The maximum Gasteiger partial charge on any atom is 0.251 e. The Morgan fingerprint density at radius 3 is 2.76 bits per heavy atom. The first-order valence-corrected chi connectivity index (χ1v) is 7.89. The zero-order chi connectivity index (χ0) is 15.7. The number of halogens is 1. The van der Waals surface area contributed by atoms with Crippen molar-refractivity contribution in [1.29, 1.82) is 0 Å². The Kier molecular flexibility index (Phi) is 8.00. The van der Waals surface area contributed by atoms with Gasteiger partial charge in [0.25, 0.3) is 5.91 Å². The van der Waals surface area contributed by atoms with Crippen LogP contribution in [0.25, 0.3) is 0 Å². The molecule has 116 valence electrons. The van der Waals surface area contributed by atoms with Crippen LogP contribution in [0.2, 0.25) is 0 Å². The van der Waals surface area contributed by atoms with E-state index in [9.17, 15) is 9.59 Å². The third-order valence-electron chi connectivity index (χ3n) is 3.05. The molecule has 0 saturated carbocycles. The number of carbonyl (C=O) groups is 2. The molecule has 1 rings (SSSR count). The average Bonchev–Trinajstić information content (AvgIpc) is 2.49. The fraction of sp³-hybridized carbons (Fsp3) is 0.467. The lowest BCUT2D eigenvalue weighted by atomic mass is 10.1. The smallest absolute Gasteiger partial charge is 0.251 e. The lowest BCUT2D eigenvalue weighted by Crippen LogP contribution is -2.45. The van der Waals surface area contributed by atoms with Gasteiger partial charge in [0.1, 0.15) is 0 Å². The third kappa shape index (κ3) is 6.73. The number of rotatable bonds is 8. The molecule has 2 amide bonds. The van der Waals surface area contributed by atoms with Crippen LogP contribution in [0.15, 0.2) is 28.7 Å². The second kappa shape index (κ2) is 9.52. The molecule has 0 heterocycles. The number of nitrogens with one attached hydrogen (secondary N) is 2. The van der Waals surface area contributed by atoms with Gasteiger partial charge in [-0.05, 0) is 24.6 Å². The number of unbranched alkanes of at least 4 members (excludes halogenated alkanes) is 1. The SMILES string of the molecule is CCCCC(CN)NC(=O)CNC(=O)c1cccc(Br)c1. The molecule has 0 bridgehead atoms. The zero-order valence-corrected chi connectivity index (χ0v) is 13.8. The van der Waals surface area contributed by atoms with Crippen molar-refractivity contribution in [2.75, 3.05) is 13.1 Å². The molecule has 1 aromatic carbocycles. The van der Waals surface area contributed by atoms with Gasteiger partial charge in [0, 0.05) is 22.6 Å². The van der Waals surface area contributed by atoms with Gasteiger partial charge in [0.15, 0.2) is 0 Å². The summed E-state index contributed by atoms with van der Waals surface area (Å²) in [7, 11) is 0. The molecule has 5 nitrogen and oxygen atoms in total. The summed E-state index contributed by atoms with van der Waals surface area (Å²) < 4.78 is 0.822. The van der Waals surface area contributed by atoms with Gasteiger partial charge in [-0.2, -0.15) is 0 Å². The van der Waals surface area contributed by atoms with Gasteiger partial charge in [-0.1, -0.05) is 41.8 Å². The van der Waals surface area contributed by atoms with E-state index in [1.165, 1.54) is 0 Å². The van der Waals surface area contributed by atoms with E-state index in [2.05, 4.69) is 33.5 Å². The number of hydrogen-bond acceptors (Lipinski definition) is 3. The number of benzene rings is 1. The summed E-state index contributed by atoms with van der Waals surface area (Å²) in [6.45, 7) is 2.45. The van der Waals surface area contributed by atoms with Crippen molar-refractivity contribution in [3.05, 3.63) is 34.3 Å². The predicted molar refractivity (Wildman–Crippen MR) is 87.0 cm³/mol. The maximum atomic E-state index is 11.9. The predicted octanol–water partition coefficient (Wildman–Crippen LogP) is 1.81. The molecule has 0 radical (unpaired) electrons. The van der Waals surface area contributed by atoms with E-state index in [1.807, 2.05) is 6.07 Å².